The number of benzene rings is 2. The molecule has 1 amide bonds. The van der Waals surface area contributed by atoms with E-state index in [4.69, 9.17) is 0 Å². The van der Waals surface area contributed by atoms with Crippen LogP contribution in [-0.4, -0.2) is 31.7 Å². The number of anilines is 1. The van der Waals surface area contributed by atoms with E-state index < -0.39 is 10.0 Å². The van der Waals surface area contributed by atoms with Crippen molar-refractivity contribution in [2.45, 2.75) is 38.5 Å². The Morgan fingerprint density at radius 2 is 1.50 bits per heavy atom. The summed E-state index contributed by atoms with van der Waals surface area (Å²) in [5.41, 5.74) is 4.39. The van der Waals surface area contributed by atoms with Gasteiger partial charge in [-0.2, -0.15) is 4.31 Å². The van der Waals surface area contributed by atoms with Gasteiger partial charge in [0.1, 0.15) is 0 Å². The van der Waals surface area contributed by atoms with Crippen molar-refractivity contribution in [2.75, 3.05) is 18.4 Å². The summed E-state index contributed by atoms with van der Waals surface area (Å²) in [5, 5.41) is 2.94. The second kappa shape index (κ2) is 7.21. The molecule has 1 aliphatic heterocycles. The number of sulfonamides is 1. The van der Waals surface area contributed by atoms with Gasteiger partial charge in [0.05, 0.1) is 4.90 Å². The molecule has 138 valence electrons. The van der Waals surface area contributed by atoms with Gasteiger partial charge in [-0.25, -0.2) is 8.42 Å². The quantitative estimate of drug-likeness (QED) is 0.891. The maximum absolute atomic E-state index is 12.6. The van der Waals surface area contributed by atoms with Gasteiger partial charge in [-0.15, -0.1) is 0 Å². The summed E-state index contributed by atoms with van der Waals surface area (Å²) in [6, 6.07) is 10.2. The highest BCUT2D eigenvalue weighted by molar-refractivity contribution is 7.89. The van der Waals surface area contributed by atoms with Gasteiger partial charge in [0.2, 0.25) is 10.0 Å². The fourth-order valence-electron chi connectivity index (χ4n) is 3.42. The van der Waals surface area contributed by atoms with Crippen LogP contribution in [-0.2, 0) is 10.0 Å². The van der Waals surface area contributed by atoms with E-state index in [1.165, 1.54) is 16.4 Å². The third-order valence-corrected chi connectivity index (χ3v) is 6.65. The zero-order chi connectivity index (χ0) is 18.9. The SMILES string of the molecule is Cc1cc(C)c(NC(=O)c2ccc(S(=O)(=O)N3CCCC3)cc2)c(C)c1. The molecule has 0 spiro atoms. The summed E-state index contributed by atoms with van der Waals surface area (Å²) in [6.45, 7) is 7.07. The number of hydrogen-bond acceptors (Lipinski definition) is 3. The normalized spacial score (nSPS) is 15.2. The van der Waals surface area contributed by atoms with Gasteiger partial charge in [0.15, 0.2) is 0 Å². The van der Waals surface area contributed by atoms with E-state index in [0.717, 1.165) is 35.2 Å². The topological polar surface area (TPSA) is 66.5 Å². The van der Waals surface area contributed by atoms with Gasteiger partial charge in [0.25, 0.3) is 5.91 Å². The van der Waals surface area contributed by atoms with Crippen LogP contribution in [0.4, 0.5) is 5.69 Å². The molecule has 1 fully saturated rings. The standard InChI is InChI=1S/C20H24N2O3S/c1-14-12-15(2)19(16(3)13-14)21-20(23)17-6-8-18(9-7-17)26(24,25)22-10-4-5-11-22/h6-9,12-13H,4-5,10-11H2,1-3H3,(H,21,23). The largest absolute Gasteiger partial charge is 0.322 e. The van der Waals surface area contributed by atoms with E-state index in [1.54, 1.807) is 12.1 Å². The molecule has 0 aliphatic carbocycles. The smallest absolute Gasteiger partial charge is 0.255 e. The molecule has 5 nitrogen and oxygen atoms in total. The Morgan fingerprint density at radius 3 is 2.04 bits per heavy atom. The molecule has 3 rings (SSSR count). The summed E-state index contributed by atoms with van der Waals surface area (Å²) >= 11 is 0. The van der Waals surface area contributed by atoms with E-state index in [-0.39, 0.29) is 10.8 Å². The molecule has 0 atom stereocenters. The van der Waals surface area contributed by atoms with Crippen molar-refractivity contribution in [3.8, 4) is 0 Å². The van der Waals surface area contributed by atoms with Crippen LogP contribution in [0.1, 0.15) is 39.9 Å². The van der Waals surface area contributed by atoms with Gasteiger partial charge in [0, 0.05) is 24.3 Å². The van der Waals surface area contributed by atoms with Crippen molar-refractivity contribution >= 4 is 21.6 Å². The lowest BCUT2D eigenvalue weighted by Gasteiger charge is -2.16. The monoisotopic (exact) mass is 372 g/mol. The predicted octanol–water partition coefficient (Wildman–Crippen LogP) is 3.65. The van der Waals surface area contributed by atoms with Crippen LogP contribution in [0.2, 0.25) is 0 Å². The molecule has 26 heavy (non-hydrogen) atoms. The van der Waals surface area contributed by atoms with Crippen LogP contribution in [0.15, 0.2) is 41.3 Å². The second-order valence-corrected chi connectivity index (χ2v) is 8.80. The van der Waals surface area contributed by atoms with Crippen LogP contribution in [0.25, 0.3) is 0 Å². The third kappa shape index (κ3) is 3.66. The number of rotatable bonds is 4. The highest BCUT2D eigenvalue weighted by Crippen LogP contribution is 2.24. The van der Waals surface area contributed by atoms with Crippen molar-refractivity contribution in [1.29, 1.82) is 0 Å². The molecule has 1 N–H and O–H groups in total. The first-order valence-electron chi connectivity index (χ1n) is 8.78. The van der Waals surface area contributed by atoms with Crippen molar-refractivity contribution in [1.82, 2.24) is 4.31 Å². The molecular formula is C20H24N2O3S. The minimum absolute atomic E-state index is 0.235. The number of aryl methyl sites for hydroxylation is 3. The van der Waals surface area contributed by atoms with E-state index in [2.05, 4.69) is 5.32 Å². The fraction of sp³-hybridized carbons (Fsp3) is 0.350. The summed E-state index contributed by atoms with van der Waals surface area (Å²) in [4.78, 5) is 12.8. The molecule has 0 radical (unpaired) electrons. The van der Waals surface area contributed by atoms with E-state index >= 15 is 0 Å². The van der Waals surface area contributed by atoms with Crippen molar-refractivity contribution in [2.24, 2.45) is 0 Å². The Labute approximate surface area is 155 Å². The fourth-order valence-corrected chi connectivity index (χ4v) is 4.94. The molecule has 6 heteroatoms. The highest BCUT2D eigenvalue weighted by Gasteiger charge is 2.27. The predicted molar refractivity (Wildman–Crippen MR) is 103 cm³/mol. The molecule has 2 aromatic carbocycles. The van der Waals surface area contributed by atoms with Crippen molar-refractivity contribution in [3.63, 3.8) is 0 Å². The Bertz CT molecular complexity index is 905. The van der Waals surface area contributed by atoms with Gasteiger partial charge >= 0.3 is 0 Å². The summed E-state index contributed by atoms with van der Waals surface area (Å²) in [7, 11) is -3.46. The maximum atomic E-state index is 12.6. The van der Waals surface area contributed by atoms with Gasteiger partial charge in [-0.3, -0.25) is 4.79 Å². The van der Waals surface area contributed by atoms with Crippen molar-refractivity contribution in [3.05, 3.63) is 58.7 Å². The van der Waals surface area contributed by atoms with E-state index in [1.807, 2.05) is 32.9 Å². The Kier molecular flexibility index (Phi) is 5.16. The summed E-state index contributed by atoms with van der Waals surface area (Å²) in [5.74, 6) is -0.245. The molecule has 0 saturated carbocycles. The average molecular weight is 372 g/mol. The third-order valence-electron chi connectivity index (χ3n) is 4.73. The molecule has 2 aromatic rings. The zero-order valence-electron chi connectivity index (χ0n) is 15.4. The van der Waals surface area contributed by atoms with Crippen LogP contribution >= 0.6 is 0 Å². The number of nitrogens with one attached hydrogen (secondary N) is 1. The Hall–Kier alpha value is -2.18. The molecule has 0 unspecified atom stereocenters. The lowest BCUT2D eigenvalue weighted by atomic mass is 10.0. The summed E-state index contributed by atoms with van der Waals surface area (Å²) < 4.78 is 26.6. The number of amides is 1. The molecule has 1 heterocycles. The van der Waals surface area contributed by atoms with Crippen LogP contribution in [0.5, 0.6) is 0 Å². The Balaban J connectivity index is 1.79. The van der Waals surface area contributed by atoms with E-state index in [0.29, 0.717) is 18.7 Å². The number of carbonyl (C=O) groups is 1. The average Bonchev–Trinajstić information content (AvgIpc) is 3.13. The molecule has 1 saturated heterocycles. The van der Waals surface area contributed by atoms with Gasteiger partial charge in [-0.05, 0) is 69.0 Å². The van der Waals surface area contributed by atoms with Gasteiger partial charge < -0.3 is 5.32 Å². The summed E-state index contributed by atoms with van der Waals surface area (Å²) in [6.07, 6.45) is 1.80. The number of nitrogens with zero attached hydrogens (tertiary/aromatic N) is 1. The molecule has 1 aliphatic rings. The lowest BCUT2D eigenvalue weighted by molar-refractivity contribution is 0.102. The molecule has 0 bridgehead atoms. The first-order valence-corrected chi connectivity index (χ1v) is 10.2. The molecular weight excluding hydrogens is 348 g/mol. The van der Waals surface area contributed by atoms with Crippen molar-refractivity contribution < 1.29 is 13.2 Å². The van der Waals surface area contributed by atoms with Crippen LogP contribution < -0.4 is 5.32 Å². The highest BCUT2D eigenvalue weighted by atomic mass is 32.2. The first kappa shape index (κ1) is 18.6. The van der Waals surface area contributed by atoms with E-state index in [9.17, 15) is 13.2 Å². The number of carbonyl (C=O) groups excluding carboxylic acids is 1. The minimum atomic E-state index is -3.46. The second-order valence-electron chi connectivity index (χ2n) is 6.86. The lowest BCUT2D eigenvalue weighted by Crippen LogP contribution is -2.27. The van der Waals surface area contributed by atoms with Crippen LogP contribution in [0, 0.1) is 20.8 Å². The maximum Gasteiger partial charge on any atom is 0.255 e. The molecule has 0 aromatic heterocycles. The van der Waals surface area contributed by atoms with Gasteiger partial charge in [-0.1, -0.05) is 17.7 Å². The Morgan fingerprint density at radius 1 is 0.962 bits per heavy atom. The minimum Gasteiger partial charge on any atom is -0.322 e. The number of hydrogen-bond donors (Lipinski definition) is 1. The van der Waals surface area contributed by atoms with Crippen LogP contribution in [0.3, 0.4) is 0 Å². The zero-order valence-corrected chi connectivity index (χ0v) is 16.2. The first-order chi connectivity index (χ1) is 12.3.